The van der Waals surface area contributed by atoms with Gasteiger partial charge in [0.15, 0.2) is 5.96 Å². The van der Waals surface area contributed by atoms with Crippen molar-refractivity contribution in [1.29, 1.82) is 0 Å². The van der Waals surface area contributed by atoms with Crippen molar-refractivity contribution in [2.75, 3.05) is 19.7 Å². The first-order valence-corrected chi connectivity index (χ1v) is 22.7. The summed E-state index contributed by atoms with van der Waals surface area (Å²) in [7, 11) is 0. The molecule has 7 amide bonds. The number of nitrogens with one attached hydrogen (secondary N) is 7. The van der Waals surface area contributed by atoms with E-state index < -0.39 is 107 Å². The number of rotatable bonds is 28. The second kappa shape index (κ2) is 27.0. The van der Waals surface area contributed by atoms with Gasteiger partial charge in [-0.05, 0) is 70.1 Å². The third-order valence-corrected chi connectivity index (χ3v) is 11.7. The number of carbonyl (C=O) groups excluding carboxylic acids is 7. The molecule has 0 bridgehead atoms. The van der Waals surface area contributed by atoms with Crippen molar-refractivity contribution >= 4 is 53.3 Å². The number of aliphatic hydroxyl groups excluding tert-OH is 1. The van der Waals surface area contributed by atoms with Crippen LogP contribution in [0.15, 0.2) is 17.5 Å². The summed E-state index contributed by atoms with van der Waals surface area (Å²) >= 11 is 0. The van der Waals surface area contributed by atoms with Gasteiger partial charge < -0.3 is 69.2 Å². The average molecular weight is 934 g/mol. The standard InChI is InChI=1S/C43H75N13O10/c1-9-24(5)32(38(62)51-29(20-26-21-47-22-49-26)39(63)56-18-12-16-30(56)36(60)55-33(40(64)65)25(6)10-2)54-34(58)27(15-13-19-57)50-37(61)31(23(3)4)53-35(59)28(14-11-17-48-42(44)45)52-41(66)43(7,8)46/h21-25,27-33,57H,9-20,46H2,1-8H3,(H,47,49)(H,50,61)(H,51,62)(H,52,66)(H,53,59)(H,54,58)(H,55,60)(H,64,65)(H4,44,45,48)/t24-,25-,27-,28-,29-,30-,31-,32-,33-/m0/s1. The predicted molar refractivity (Wildman–Crippen MR) is 244 cm³/mol. The van der Waals surface area contributed by atoms with E-state index in [2.05, 4.69) is 46.9 Å². The highest BCUT2D eigenvalue weighted by Gasteiger charge is 2.41. The van der Waals surface area contributed by atoms with Crippen molar-refractivity contribution in [2.24, 2.45) is 39.9 Å². The van der Waals surface area contributed by atoms with Gasteiger partial charge in [-0.3, -0.25) is 38.6 Å². The SMILES string of the molecule is CC[C@H](C)[C@H](NC(=O)[C@@H]1CCCN1C(=O)[C@H](Cc1cnc[nH]1)NC(=O)[C@@H](NC(=O)[C@H](CCCO)NC(=O)[C@@H](NC(=O)[C@H](CCCN=C(N)N)NC(=O)C(C)(C)N)C(C)C)[C@@H](C)CC)C(=O)O. The van der Waals surface area contributed by atoms with Crippen molar-refractivity contribution in [3.05, 3.63) is 18.2 Å². The molecule has 23 heteroatoms. The number of carbonyl (C=O) groups is 8. The Bertz CT molecular complexity index is 1820. The number of aliphatic imine (C=N–C) groups is 1. The van der Waals surface area contributed by atoms with Gasteiger partial charge in [-0.15, -0.1) is 0 Å². The lowest BCUT2D eigenvalue weighted by molar-refractivity contribution is -0.146. The highest BCUT2D eigenvalue weighted by molar-refractivity contribution is 5.98. The molecule has 1 saturated heterocycles. The normalized spacial score (nSPS) is 17.4. The number of H-pyrrole nitrogens is 1. The zero-order chi connectivity index (χ0) is 49.9. The topological polar surface area (TPSA) is 372 Å². The minimum Gasteiger partial charge on any atom is -0.480 e. The van der Waals surface area contributed by atoms with E-state index in [1.807, 2.05) is 0 Å². The summed E-state index contributed by atoms with van der Waals surface area (Å²) < 4.78 is 0. The maximum Gasteiger partial charge on any atom is 0.326 e. The first-order chi connectivity index (χ1) is 31.0. The lowest BCUT2D eigenvalue weighted by Crippen LogP contribution is -2.62. The Labute approximate surface area is 386 Å². The van der Waals surface area contributed by atoms with Crippen LogP contribution in [0.25, 0.3) is 0 Å². The van der Waals surface area contributed by atoms with Gasteiger partial charge in [-0.2, -0.15) is 0 Å². The number of imidazole rings is 1. The fraction of sp³-hybridized carbons (Fsp3) is 0.721. The molecule has 1 aliphatic rings. The van der Waals surface area contributed by atoms with Gasteiger partial charge in [0.25, 0.3) is 0 Å². The highest BCUT2D eigenvalue weighted by Crippen LogP contribution is 2.21. The Morgan fingerprint density at radius 1 is 0.818 bits per heavy atom. The van der Waals surface area contributed by atoms with Crippen LogP contribution in [0, 0.1) is 17.8 Å². The van der Waals surface area contributed by atoms with Crippen LogP contribution in [0.3, 0.4) is 0 Å². The Morgan fingerprint density at radius 2 is 1.38 bits per heavy atom. The molecule has 372 valence electrons. The molecular formula is C43H75N13O10. The molecule has 1 fully saturated rings. The van der Waals surface area contributed by atoms with Gasteiger partial charge in [0.1, 0.15) is 42.3 Å². The summed E-state index contributed by atoms with van der Waals surface area (Å²) in [5, 5.41) is 35.6. The van der Waals surface area contributed by atoms with Crippen LogP contribution in [0.4, 0.5) is 0 Å². The number of aromatic amines is 1. The first kappa shape index (κ1) is 56.3. The number of nitrogens with two attached hydrogens (primary N) is 3. The van der Waals surface area contributed by atoms with E-state index in [4.69, 9.17) is 17.2 Å². The lowest BCUT2D eigenvalue weighted by Gasteiger charge is -2.32. The first-order valence-electron chi connectivity index (χ1n) is 22.7. The largest absolute Gasteiger partial charge is 0.480 e. The summed E-state index contributed by atoms with van der Waals surface area (Å²) in [6.07, 6.45) is 4.82. The number of likely N-dealkylation sites (tertiary alicyclic amines) is 1. The molecule has 1 aliphatic heterocycles. The molecule has 0 spiro atoms. The lowest BCUT2D eigenvalue weighted by atomic mass is 9.96. The average Bonchev–Trinajstić information content (AvgIpc) is 3.97. The van der Waals surface area contributed by atoms with E-state index in [1.54, 1.807) is 41.5 Å². The second-order valence-electron chi connectivity index (χ2n) is 18.0. The summed E-state index contributed by atoms with van der Waals surface area (Å²) in [5.41, 5.74) is 16.0. The van der Waals surface area contributed by atoms with Crippen LogP contribution in [-0.2, 0) is 44.8 Å². The summed E-state index contributed by atoms with van der Waals surface area (Å²) in [6, 6.07) is -8.31. The molecule has 23 nitrogen and oxygen atoms in total. The van der Waals surface area contributed by atoms with Gasteiger partial charge in [-0.25, -0.2) is 9.78 Å². The van der Waals surface area contributed by atoms with Crippen LogP contribution >= 0.6 is 0 Å². The van der Waals surface area contributed by atoms with Crippen LogP contribution < -0.4 is 49.1 Å². The number of amides is 7. The minimum atomic E-state index is -1.34. The fourth-order valence-electron chi connectivity index (χ4n) is 7.20. The molecule has 1 aromatic rings. The molecule has 2 rings (SSSR count). The zero-order valence-electron chi connectivity index (χ0n) is 39.6. The van der Waals surface area contributed by atoms with Crippen LogP contribution in [-0.4, -0.2) is 146 Å². The number of aliphatic carboxylic acids is 1. The quantitative estimate of drug-likeness (QED) is 0.0252. The fourth-order valence-corrected chi connectivity index (χ4v) is 7.20. The number of nitrogens with zero attached hydrogens (tertiary/aromatic N) is 3. The molecule has 1 aromatic heterocycles. The maximum atomic E-state index is 14.3. The number of aliphatic hydroxyl groups is 1. The molecule has 0 radical (unpaired) electrons. The van der Waals surface area contributed by atoms with E-state index in [0.717, 1.165) is 0 Å². The van der Waals surface area contributed by atoms with Crippen LogP contribution in [0.2, 0.25) is 0 Å². The van der Waals surface area contributed by atoms with Crippen molar-refractivity contribution < 1.29 is 48.6 Å². The Hall–Kier alpha value is -5.84. The molecule has 15 N–H and O–H groups in total. The second-order valence-corrected chi connectivity index (χ2v) is 18.0. The molecule has 9 atom stereocenters. The van der Waals surface area contributed by atoms with Gasteiger partial charge in [0.05, 0.1) is 11.9 Å². The monoisotopic (exact) mass is 934 g/mol. The van der Waals surface area contributed by atoms with Crippen molar-refractivity contribution in [3.8, 4) is 0 Å². The van der Waals surface area contributed by atoms with Crippen LogP contribution in [0.1, 0.15) is 112 Å². The van der Waals surface area contributed by atoms with E-state index in [1.165, 1.54) is 31.3 Å². The van der Waals surface area contributed by atoms with E-state index >= 15 is 0 Å². The minimum absolute atomic E-state index is 0.0597. The zero-order valence-corrected chi connectivity index (χ0v) is 39.6. The third-order valence-electron chi connectivity index (χ3n) is 11.7. The summed E-state index contributed by atoms with van der Waals surface area (Å²) in [4.78, 5) is 121. The number of carboxylic acids is 1. The maximum absolute atomic E-state index is 14.3. The van der Waals surface area contributed by atoms with Crippen molar-refractivity contribution in [2.45, 2.75) is 161 Å². The Kier molecular flexibility index (Phi) is 23.0. The molecule has 0 unspecified atom stereocenters. The Morgan fingerprint density at radius 3 is 1.91 bits per heavy atom. The van der Waals surface area contributed by atoms with E-state index in [-0.39, 0.29) is 70.1 Å². The molecule has 2 heterocycles. The number of aromatic nitrogens is 2. The molecule has 0 saturated carbocycles. The van der Waals surface area contributed by atoms with Crippen molar-refractivity contribution in [1.82, 2.24) is 46.8 Å². The molecule has 0 aromatic carbocycles. The predicted octanol–water partition coefficient (Wildman–Crippen LogP) is -1.75. The van der Waals surface area contributed by atoms with E-state index in [0.29, 0.717) is 25.0 Å². The summed E-state index contributed by atoms with van der Waals surface area (Å²) in [6.45, 7) is 13.3. The Balaban J connectivity index is 2.37. The molecular weight excluding hydrogens is 859 g/mol. The number of hydrogen-bond acceptors (Lipinski definition) is 12. The molecule has 66 heavy (non-hydrogen) atoms. The highest BCUT2D eigenvalue weighted by atomic mass is 16.4. The number of guanidine groups is 1. The van der Waals surface area contributed by atoms with Gasteiger partial charge in [-0.1, -0.05) is 54.4 Å². The van der Waals surface area contributed by atoms with E-state index in [9.17, 15) is 48.6 Å². The van der Waals surface area contributed by atoms with Crippen LogP contribution in [0.5, 0.6) is 0 Å². The van der Waals surface area contributed by atoms with Gasteiger partial charge in [0.2, 0.25) is 41.4 Å². The summed E-state index contributed by atoms with van der Waals surface area (Å²) in [5.74, 6) is -7.56. The third kappa shape index (κ3) is 17.5. The molecule has 0 aliphatic carbocycles. The van der Waals surface area contributed by atoms with Gasteiger partial charge >= 0.3 is 5.97 Å². The van der Waals surface area contributed by atoms with Gasteiger partial charge in [0, 0.05) is 38.0 Å². The smallest absolute Gasteiger partial charge is 0.326 e. The number of hydrogen-bond donors (Lipinski definition) is 12. The van der Waals surface area contributed by atoms with Crippen molar-refractivity contribution in [3.63, 3.8) is 0 Å². The number of carboxylic acid groups (broad SMARTS) is 1.